The molecule has 4 heteroatoms. The Bertz CT molecular complexity index is 375. The third-order valence-corrected chi connectivity index (χ3v) is 2.24. The minimum absolute atomic E-state index is 0.00680. The predicted octanol–water partition coefficient (Wildman–Crippen LogP) is 2.75. The highest BCUT2D eigenvalue weighted by atomic mass is 35.5. The molecule has 16 heavy (non-hydrogen) atoms. The molecule has 1 N–H and O–H groups in total. The molecule has 0 bridgehead atoms. The van der Waals surface area contributed by atoms with Crippen LogP contribution >= 0.6 is 11.6 Å². The molecule has 0 spiro atoms. The van der Waals surface area contributed by atoms with E-state index in [1.54, 1.807) is 25.3 Å². The molecule has 0 heterocycles. The summed E-state index contributed by atoms with van der Waals surface area (Å²) in [5.74, 6) is 1.14. The molecule has 0 fully saturated rings. The summed E-state index contributed by atoms with van der Waals surface area (Å²) in [4.78, 5) is 0. The van der Waals surface area contributed by atoms with Crippen molar-refractivity contribution in [2.24, 2.45) is 0 Å². The van der Waals surface area contributed by atoms with E-state index in [1.807, 2.05) is 13.0 Å². The van der Waals surface area contributed by atoms with E-state index >= 15 is 0 Å². The second-order valence-electron chi connectivity index (χ2n) is 3.05. The Morgan fingerprint density at radius 2 is 2.19 bits per heavy atom. The third-order valence-electron chi connectivity index (χ3n) is 1.96. The van der Waals surface area contributed by atoms with Crippen LogP contribution in [0, 0.1) is 0 Å². The summed E-state index contributed by atoms with van der Waals surface area (Å²) < 4.78 is 10.6. The van der Waals surface area contributed by atoms with Gasteiger partial charge >= 0.3 is 0 Å². The van der Waals surface area contributed by atoms with Gasteiger partial charge in [-0.15, -0.1) is 0 Å². The smallest absolute Gasteiger partial charge is 0.179 e. The first-order valence-electron chi connectivity index (χ1n) is 5.00. The molecule has 0 aliphatic carbocycles. The van der Waals surface area contributed by atoms with Crippen LogP contribution in [0.25, 0.3) is 6.08 Å². The summed E-state index contributed by atoms with van der Waals surface area (Å²) in [6.07, 6.45) is 3.40. The van der Waals surface area contributed by atoms with Crippen molar-refractivity contribution in [2.45, 2.75) is 6.92 Å². The summed E-state index contributed by atoms with van der Waals surface area (Å²) in [6.45, 7) is 2.41. The van der Waals surface area contributed by atoms with Crippen molar-refractivity contribution in [2.75, 3.05) is 20.3 Å². The van der Waals surface area contributed by atoms with Crippen molar-refractivity contribution in [1.29, 1.82) is 0 Å². The quantitative estimate of drug-likeness (QED) is 0.863. The molecule has 0 saturated heterocycles. The molecule has 0 aliphatic heterocycles. The second-order valence-corrected chi connectivity index (χ2v) is 3.46. The van der Waals surface area contributed by atoms with Gasteiger partial charge in [0, 0.05) is 0 Å². The maximum atomic E-state index is 8.69. The first-order valence-corrected chi connectivity index (χ1v) is 5.38. The van der Waals surface area contributed by atoms with Crippen molar-refractivity contribution >= 4 is 17.7 Å². The van der Waals surface area contributed by atoms with Gasteiger partial charge in [0.25, 0.3) is 0 Å². The molecule has 0 radical (unpaired) electrons. The Balaban J connectivity index is 3.10. The van der Waals surface area contributed by atoms with Gasteiger partial charge in [-0.2, -0.15) is 0 Å². The molecular formula is C12H15ClO3. The van der Waals surface area contributed by atoms with Crippen molar-refractivity contribution < 1.29 is 14.6 Å². The van der Waals surface area contributed by atoms with Gasteiger partial charge in [-0.3, -0.25) is 0 Å². The van der Waals surface area contributed by atoms with Gasteiger partial charge in [-0.25, -0.2) is 0 Å². The predicted molar refractivity (Wildman–Crippen MR) is 65.3 cm³/mol. The van der Waals surface area contributed by atoms with Gasteiger partial charge in [0.15, 0.2) is 11.5 Å². The summed E-state index contributed by atoms with van der Waals surface area (Å²) in [6, 6.07) is 3.57. The molecule has 0 aromatic heterocycles. The molecule has 0 unspecified atom stereocenters. The van der Waals surface area contributed by atoms with Crippen LogP contribution in [0.2, 0.25) is 5.02 Å². The first kappa shape index (κ1) is 12.9. The van der Waals surface area contributed by atoms with Crippen LogP contribution in [-0.4, -0.2) is 25.4 Å². The largest absolute Gasteiger partial charge is 0.493 e. The molecule has 0 saturated carbocycles. The average molecular weight is 243 g/mol. The number of ether oxygens (including phenoxy) is 2. The van der Waals surface area contributed by atoms with E-state index in [4.69, 9.17) is 26.2 Å². The van der Waals surface area contributed by atoms with E-state index in [0.29, 0.717) is 23.1 Å². The van der Waals surface area contributed by atoms with E-state index in [1.165, 1.54) is 0 Å². The maximum Gasteiger partial charge on any atom is 0.179 e. The van der Waals surface area contributed by atoms with Crippen LogP contribution in [0.5, 0.6) is 11.5 Å². The molecule has 88 valence electrons. The topological polar surface area (TPSA) is 38.7 Å². The Kier molecular flexibility index (Phi) is 5.15. The summed E-state index contributed by atoms with van der Waals surface area (Å²) >= 11 is 6.07. The lowest BCUT2D eigenvalue weighted by atomic mass is 10.2. The number of hydrogen-bond donors (Lipinski definition) is 1. The Morgan fingerprint density at radius 1 is 1.44 bits per heavy atom. The van der Waals surface area contributed by atoms with Crippen molar-refractivity contribution in [3.8, 4) is 11.5 Å². The summed E-state index contributed by atoms with van der Waals surface area (Å²) in [5.41, 5.74) is 0.861. The molecule has 1 aromatic carbocycles. The molecule has 3 nitrogen and oxygen atoms in total. The van der Waals surface area contributed by atoms with E-state index in [2.05, 4.69) is 0 Å². The van der Waals surface area contributed by atoms with E-state index in [0.717, 1.165) is 5.56 Å². The van der Waals surface area contributed by atoms with Crippen molar-refractivity contribution in [3.63, 3.8) is 0 Å². The van der Waals surface area contributed by atoms with Gasteiger partial charge < -0.3 is 14.6 Å². The Labute approximate surface area is 100 Å². The molecule has 0 atom stereocenters. The number of rotatable bonds is 5. The number of benzene rings is 1. The number of aliphatic hydroxyl groups is 1. The lowest BCUT2D eigenvalue weighted by Gasteiger charge is -2.11. The van der Waals surface area contributed by atoms with Crippen molar-refractivity contribution in [3.05, 3.63) is 28.8 Å². The number of halogens is 1. The SMILES string of the molecule is CCOc1c(Cl)cc(C=CCO)cc1OC. The highest BCUT2D eigenvalue weighted by Gasteiger charge is 2.10. The molecular weight excluding hydrogens is 228 g/mol. The van der Waals surface area contributed by atoms with Gasteiger partial charge in [0.05, 0.1) is 25.3 Å². The first-order chi connectivity index (χ1) is 7.72. The summed E-state index contributed by atoms with van der Waals surface area (Å²) in [7, 11) is 1.56. The van der Waals surface area contributed by atoms with Gasteiger partial charge in [0.1, 0.15) is 0 Å². The summed E-state index contributed by atoms with van der Waals surface area (Å²) in [5, 5.41) is 9.19. The fraction of sp³-hybridized carbons (Fsp3) is 0.333. The van der Waals surface area contributed by atoms with Crippen LogP contribution in [-0.2, 0) is 0 Å². The van der Waals surface area contributed by atoms with Gasteiger partial charge in [-0.1, -0.05) is 23.8 Å². The third kappa shape index (κ3) is 3.15. The number of methoxy groups -OCH3 is 1. The van der Waals surface area contributed by atoms with Gasteiger partial charge in [0.2, 0.25) is 0 Å². The lowest BCUT2D eigenvalue weighted by Crippen LogP contribution is -1.96. The van der Waals surface area contributed by atoms with E-state index < -0.39 is 0 Å². The Hall–Kier alpha value is -1.19. The van der Waals surface area contributed by atoms with Crippen LogP contribution in [0.3, 0.4) is 0 Å². The Morgan fingerprint density at radius 3 is 2.75 bits per heavy atom. The normalized spacial score (nSPS) is 10.8. The zero-order chi connectivity index (χ0) is 12.0. The fourth-order valence-electron chi connectivity index (χ4n) is 1.31. The highest BCUT2D eigenvalue weighted by molar-refractivity contribution is 6.32. The number of hydrogen-bond acceptors (Lipinski definition) is 3. The van der Waals surface area contributed by atoms with E-state index in [-0.39, 0.29) is 6.61 Å². The molecule has 0 aliphatic rings. The zero-order valence-electron chi connectivity index (χ0n) is 9.37. The minimum Gasteiger partial charge on any atom is -0.493 e. The molecule has 1 rings (SSSR count). The zero-order valence-corrected chi connectivity index (χ0v) is 10.1. The number of aliphatic hydroxyl groups excluding tert-OH is 1. The fourth-order valence-corrected chi connectivity index (χ4v) is 1.58. The minimum atomic E-state index is -0.00680. The van der Waals surface area contributed by atoms with Crippen molar-refractivity contribution in [1.82, 2.24) is 0 Å². The van der Waals surface area contributed by atoms with Crippen LogP contribution in [0.1, 0.15) is 12.5 Å². The van der Waals surface area contributed by atoms with Gasteiger partial charge in [-0.05, 0) is 24.6 Å². The lowest BCUT2D eigenvalue weighted by molar-refractivity contribution is 0.311. The monoisotopic (exact) mass is 242 g/mol. The van der Waals surface area contributed by atoms with Crippen LogP contribution < -0.4 is 9.47 Å². The van der Waals surface area contributed by atoms with Crippen LogP contribution in [0.15, 0.2) is 18.2 Å². The molecule has 0 amide bonds. The maximum absolute atomic E-state index is 8.69. The van der Waals surface area contributed by atoms with Crippen LogP contribution in [0.4, 0.5) is 0 Å². The average Bonchev–Trinajstić information content (AvgIpc) is 2.29. The highest BCUT2D eigenvalue weighted by Crippen LogP contribution is 2.36. The second kappa shape index (κ2) is 6.40. The van der Waals surface area contributed by atoms with E-state index in [9.17, 15) is 0 Å². The standard InChI is InChI=1S/C12H15ClO3/c1-3-16-12-10(13)7-9(5-4-6-14)8-11(12)15-2/h4-5,7-8,14H,3,6H2,1-2H3. The molecule has 1 aromatic rings.